The Bertz CT molecular complexity index is 395. The van der Waals surface area contributed by atoms with E-state index in [1.165, 1.54) is 37.9 Å². The van der Waals surface area contributed by atoms with Crippen LogP contribution in [0.4, 0.5) is 0 Å². The SMILES string of the molecule is CCn1nc(C)cc1CC1CCCC1CNC(C)C. The van der Waals surface area contributed by atoms with E-state index in [4.69, 9.17) is 0 Å². The summed E-state index contributed by atoms with van der Waals surface area (Å²) in [7, 11) is 0. The van der Waals surface area contributed by atoms with E-state index in [0.717, 1.165) is 24.1 Å². The van der Waals surface area contributed by atoms with Gasteiger partial charge in [0.05, 0.1) is 5.69 Å². The van der Waals surface area contributed by atoms with Crippen molar-refractivity contribution in [3.05, 3.63) is 17.5 Å². The molecule has 3 heteroatoms. The van der Waals surface area contributed by atoms with Crippen LogP contribution in [-0.4, -0.2) is 22.4 Å². The highest BCUT2D eigenvalue weighted by molar-refractivity contribution is 5.10. The summed E-state index contributed by atoms with van der Waals surface area (Å²) in [6.07, 6.45) is 5.38. The zero-order valence-electron chi connectivity index (χ0n) is 12.9. The van der Waals surface area contributed by atoms with E-state index in [1.807, 2.05) is 0 Å². The maximum atomic E-state index is 4.57. The van der Waals surface area contributed by atoms with Gasteiger partial charge in [-0.3, -0.25) is 4.68 Å². The van der Waals surface area contributed by atoms with Gasteiger partial charge in [0.2, 0.25) is 0 Å². The predicted molar refractivity (Wildman–Crippen MR) is 80.3 cm³/mol. The monoisotopic (exact) mass is 263 g/mol. The number of nitrogens with one attached hydrogen (secondary N) is 1. The second-order valence-corrected chi connectivity index (χ2v) is 6.31. The van der Waals surface area contributed by atoms with E-state index in [1.54, 1.807) is 0 Å². The van der Waals surface area contributed by atoms with Crippen LogP contribution in [0.5, 0.6) is 0 Å². The summed E-state index contributed by atoms with van der Waals surface area (Å²) in [6.45, 7) is 10.9. The zero-order valence-corrected chi connectivity index (χ0v) is 12.9. The van der Waals surface area contributed by atoms with E-state index in [-0.39, 0.29) is 0 Å². The molecular formula is C16H29N3. The van der Waals surface area contributed by atoms with Crippen LogP contribution in [-0.2, 0) is 13.0 Å². The molecule has 1 aromatic heterocycles. The number of rotatable bonds is 6. The molecule has 1 heterocycles. The minimum Gasteiger partial charge on any atom is -0.314 e. The fourth-order valence-corrected chi connectivity index (χ4v) is 3.34. The van der Waals surface area contributed by atoms with Crippen LogP contribution in [0.3, 0.4) is 0 Å². The van der Waals surface area contributed by atoms with Crippen molar-refractivity contribution in [2.24, 2.45) is 11.8 Å². The van der Waals surface area contributed by atoms with Crippen LogP contribution >= 0.6 is 0 Å². The molecule has 0 aliphatic heterocycles. The van der Waals surface area contributed by atoms with Gasteiger partial charge in [0.15, 0.2) is 0 Å². The van der Waals surface area contributed by atoms with Crippen molar-refractivity contribution in [1.82, 2.24) is 15.1 Å². The van der Waals surface area contributed by atoms with Crippen LogP contribution in [0.1, 0.15) is 51.4 Å². The molecule has 2 atom stereocenters. The minimum atomic E-state index is 0.602. The van der Waals surface area contributed by atoms with E-state index < -0.39 is 0 Å². The number of hydrogen-bond acceptors (Lipinski definition) is 2. The molecule has 0 saturated heterocycles. The van der Waals surface area contributed by atoms with Gasteiger partial charge >= 0.3 is 0 Å². The van der Waals surface area contributed by atoms with Gasteiger partial charge in [0.25, 0.3) is 0 Å². The average molecular weight is 263 g/mol. The van der Waals surface area contributed by atoms with Crippen LogP contribution in [0.25, 0.3) is 0 Å². The van der Waals surface area contributed by atoms with Crippen molar-refractivity contribution >= 4 is 0 Å². The Balaban J connectivity index is 1.96. The molecule has 108 valence electrons. The Morgan fingerprint density at radius 2 is 2.11 bits per heavy atom. The smallest absolute Gasteiger partial charge is 0.0596 e. The van der Waals surface area contributed by atoms with Crippen LogP contribution in [0.2, 0.25) is 0 Å². The van der Waals surface area contributed by atoms with E-state index in [9.17, 15) is 0 Å². The lowest BCUT2D eigenvalue weighted by Crippen LogP contribution is -2.31. The summed E-state index contributed by atoms with van der Waals surface area (Å²) in [6, 6.07) is 2.87. The van der Waals surface area contributed by atoms with Crippen molar-refractivity contribution in [3.8, 4) is 0 Å². The molecule has 2 rings (SSSR count). The average Bonchev–Trinajstić information content (AvgIpc) is 2.93. The van der Waals surface area contributed by atoms with E-state index in [0.29, 0.717) is 6.04 Å². The molecule has 19 heavy (non-hydrogen) atoms. The number of aromatic nitrogens is 2. The highest BCUT2D eigenvalue weighted by atomic mass is 15.3. The van der Waals surface area contributed by atoms with Crippen LogP contribution < -0.4 is 5.32 Å². The standard InChI is InChI=1S/C16H29N3/c1-5-19-16(9-13(4)18-19)10-14-7-6-8-15(14)11-17-12(2)3/h9,12,14-15,17H,5-8,10-11H2,1-4H3. The number of nitrogens with zero attached hydrogens (tertiary/aromatic N) is 2. The molecule has 2 unspecified atom stereocenters. The normalized spacial score (nSPS) is 23.4. The molecule has 1 fully saturated rings. The molecule has 1 aliphatic rings. The fraction of sp³-hybridized carbons (Fsp3) is 0.812. The summed E-state index contributed by atoms with van der Waals surface area (Å²) in [4.78, 5) is 0. The van der Waals surface area contributed by atoms with Crippen molar-refractivity contribution < 1.29 is 0 Å². The third-order valence-corrected chi connectivity index (χ3v) is 4.36. The second-order valence-electron chi connectivity index (χ2n) is 6.31. The lowest BCUT2D eigenvalue weighted by Gasteiger charge is -2.21. The molecule has 1 N–H and O–H groups in total. The largest absolute Gasteiger partial charge is 0.314 e. The highest BCUT2D eigenvalue weighted by Gasteiger charge is 2.28. The Hall–Kier alpha value is -0.830. The Labute approximate surface area is 117 Å². The Morgan fingerprint density at radius 1 is 1.37 bits per heavy atom. The summed E-state index contributed by atoms with van der Waals surface area (Å²) in [5.74, 6) is 1.69. The third-order valence-electron chi connectivity index (χ3n) is 4.36. The molecule has 0 bridgehead atoms. The maximum absolute atomic E-state index is 4.57. The topological polar surface area (TPSA) is 29.9 Å². The molecule has 0 amide bonds. The molecule has 1 saturated carbocycles. The second kappa shape index (κ2) is 6.56. The number of hydrogen-bond donors (Lipinski definition) is 1. The molecule has 1 aliphatic carbocycles. The van der Waals surface area contributed by atoms with Gasteiger partial charge in [-0.2, -0.15) is 5.10 Å². The van der Waals surface area contributed by atoms with E-state index in [2.05, 4.69) is 48.9 Å². The van der Waals surface area contributed by atoms with Crippen molar-refractivity contribution in [1.29, 1.82) is 0 Å². The molecule has 1 aromatic rings. The maximum Gasteiger partial charge on any atom is 0.0596 e. The van der Waals surface area contributed by atoms with E-state index >= 15 is 0 Å². The van der Waals surface area contributed by atoms with Crippen LogP contribution in [0.15, 0.2) is 6.07 Å². The van der Waals surface area contributed by atoms with Gasteiger partial charge in [-0.1, -0.05) is 20.3 Å². The molecule has 0 radical (unpaired) electrons. The quantitative estimate of drug-likeness (QED) is 0.854. The lowest BCUT2D eigenvalue weighted by atomic mass is 9.91. The summed E-state index contributed by atoms with van der Waals surface area (Å²) in [5.41, 5.74) is 2.59. The van der Waals surface area contributed by atoms with Gasteiger partial charge in [-0.25, -0.2) is 0 Å². The number of aryl methyl sites for hydroxylation is 2. The van der Waals surface area contributed by atoms with Crippen molar-refractivity contribution in [2.75, 3.05) is 6.54 Å². The van der Waals surface area contributed by atoms with Crippen molar-refractivity contribution in [2.45, 2.75) is 66.0 Å². The molecule has 3 nitrogen and oxygen atoms in total. The minimum absolute atomic E-state index is 0.602. The summed E-state index contributed by atoms with van der Waals surface area (Å²) < 4.78 is 2.18. The first-order valence-corrected chi connectivity index (χ1v) is 7.86. The Morgan fingerprint density at radius 3 is 2.79 bits per heavy atom. The highest BCUT2D eigenvalue weighted by Crippen LogP contribution is 2.34. The Kier molecular flexibility index (Phi) is 5.03. The first-order valence-electron chi connectivity index (χ1n) is 7.86. The fourth-order valence-electron chi connectivity index (χ4n) is 3.34. The lowest BCUT2D eigenvalue weighted by molar-refractivity contribution is 0.347. The van der Waals surface area contributed by atoms with Gasteiger partial charge in [0, 0.05) is 18.3 Å². The third kappa shape index (κ3) is 3.82. The van der Waals surface area contributed by atoms with Gasteiger partial charge in [-0.15, -0.1) is 0 Å². The van der Waals surface area contributed by atoms with Crippen molar-refractivity contribution in [3.63, 3.8) is 0 Å². The van der Waals surface area contributed by atoms with Crippen LogP contribution in [0, 0.1) is 18.8 Å². The van der Waals surface area contributed by atoms with Gasteiger partial charge < -0.3 is 5.32 Å². The molecular weight excluding hydrogens is 234 g/mol. The predicted octanol–water partition coefficient (Wildman–Crippen LogP) is 3.17. The zero-order chi connectivity index (χ0) is 13.8. The van der Waals surface area contributed by atoms with Gasteiger partial charge in [0.1, 0.15) is 0 Å². The first kappa shape index (κ1) is 14.6. The first-order chi connectivity index (χ1) is 9.10. The summed E-state index contributed by atoms with van der Waals surface area (Å²) >= 11 is 0. The summed E-state index contributed by atoms with van der Waals surface area (Å²) in [5, 5.41) is 8.19. The molecule has 0 spiro atoms. The van der Waals surface area contributed by atoms with Gasteiger partial charge in [-0.05, 0) is 57.6 Å². The molecule has 0 aromatic carbocycles.